The smallest absolute Gasteiger partial charge is 0.128 e. The largest absolute Gasteiger partial charge is 0.310 e. The van der Waals surface area contributed by atoms with Gasteiger partial charge in [0, 0.05) is 21.1 Å². The Labute approximate surface area is 138 Å². The SMILES string of the molecule is CCNC(Cc1ccc(Br)cc1Cl)c1cc(C)ccc1F. The molecule has 0 aliphatic heterocycles. The summed E-state index contributed by atoms with van der Waals surface area (Å²) in [5, 5.41) is 4.04. The predicted molar refractivity (Wildman–Crippen MR) is 90.4 cm³/mol. The summed E-state index contributed by atoms with van der Waals surface area (Å²) in [5.74, 6) is -0.181. The molecule has 0 amide bonds. The van der Waals surface area contributed by atoms with Crippen molar-refractivity contribution in [3.8, 4) is 0 Å². The minimum Gasteiger partial charge on any atom is -0.310 e. The zero-order valence-electron chi connectivity index (χ0n) is 12.1. The molecule has 112 valence electrons. The zero-order chi connectivity index (χ0) is 15.4. The molecule has 0 fully saturated rings. The molecule has 1 nitrogen and oxygen atoms in total. The standard InChI is InChI=1S/C17H18BrClFN/c1-3-21-17(14-8-11(2)4-7-16(14)20)9-12-5-6-13(18)10-15(12)19/h4-8,10,17,21H,3,9H2,1-2H3. The van der Waals surface area contributed by atoms with Crippen LogP contribution in [0.3, 0.4) is 0 Å². The first-order valence-electron chi connectivity index (χ1n) is 6.94. The van der Waals surface area contributed by atoms with Gasteiger partial charge in [-0.05, 0) is 43.7 Å². The van der Waals surface area contributed by atoms with Gasteiger partial charge in [0.2, 0.25) is 0 Å². The second kappa shape index (κ2) is 7.39. The molecule has 0 heterocycles. The quantitative estimate of drug-likeness (QED) is 0.738. The number of benzene rings is 2. The average Bonchev–Trinajstić information content (AvgIpc) is 2.44. The Hall–Kier alpha value is -0.900. The van der Waals surface area contributed by atoms with Gasteiger partial charge in [0.05, 0.1) is 0 Å². The number of hydrogen-bond acceptors (Lipinski definition) is 1. The fourth-order valence-corrected chi connectivity index (χ4v) is 3.13. The Morgan fingerprint density at radius 2 is 2.00 bits per heavy atom. The maximum absolute atomic E-state index is 14.1. The van der Waals surface area contributed by atoms with Crippen LogP contribution in [0, 0.1) is 12.7 Å². The van der Waals surface area contributed by atoms with Gasteiger partial charge in [-0.3, -0.25) is 0 Å². The second-order valence-corrected chi connectivity index (χ2v) is 6.40. The molecular weight excluding hydrogens is 353 g/mol. The van der Waals surface area contributed by atoms with Gasteiger partial charge in [0.25, 0.3) is 0 Å². The van der Waals surface area contributed by atoms with E-state index in [0.29, 0.717) is 17.0 Å². The van der Waals surface area contributed by atoms with Crippen molar-refractivity contribution in [2.45, 2.75) is 26.3 Å². The van der Waals surface area contributed by atoms with Crippen molar-refractivity contribution in [2.75, 3.05) is 6.54 Å². The van der Waals surface area contributed by atoms with Gasteiger partial charge in [-0.25, -0.2) is 4.39 Å². The maximum Gasteiger partial charge on any atom is 0.128 e. The third-order valence-corrected chi connectivity index (χ3v) is 4.26. The first-order valence-corrected chi connectivity index (χ1v) is 8.11. The minimum absolute atomic E-state index is 0.0893. The van der Waals surface area contributed by atoms with E-state index in [-0.39, 0.29) is 11.9 Å². The summed E-state index contributed by atoms with van der Waals surface area (Å²) in [6.45, 7) is 4.76. The Morgan fingerprint density at radius 3 is 2.67 bits per heavy atom. The number of nitrogens with one attached hydrogen (secondary N) is 1. The highest BCUT2D eigenvalue weighted by atomic mass is 79.9. The third-order valence-electron chi connectivity index (χ3n) is 3.42. The molecule has 0 spiro atoms. The van der Waals surface area contributed by atoms with Crippen LogP contribution in [0.2, 0.25) is 5.02 Å². The fourth-order valence-electron chi connectivity index (χ4n) is 2.38. The van der Waals surface area contributed by atoms with E-state index in [1.807, 2.05) is 38.1 Å². The lowest BCUT2D eigenvalue weighted by molar-refractivity contribution is 0.509. The monoisotopic (exact) mass is 369 g/mol. The normalized spacial score (nSPS) is 12.4. The molecule has 0 bridgehead atoms. The van der Waals surface area contributed by atoms with Gasteiger partial charge >= 0.3 is 0 Å². The molecule has 0 aliphatic carbocycles. The summed E-state index contributed by atoms with van der Waals surface area (Å²) >= 11 is 9.68. The summed E-state index contributed by atoms with van der Waals surface area (Å²) in [6, 6.07) is 10.9. The first kappa shape index (κ1) is 16.5. The van der Waals surface area contributed by atoms with Crippen molar-refractivity contribution in [3.05, 3.63) is 68.4 Å². The van der Waals surface area contributed by atoms with E-state index in [0.717, 1.165) is 22.1 Å². The molecule has 2 rings (SSSR count). The molecule has 1 N–H and O–H groups in total. The van der Waals surface area contributed by atoms with Crippen LogP contribution in [0.25, 0.3) is 0 Å². The summed E-state index contributed by atoms with van der Waals surface area (Å²) in [5.41, 5.74) is 2.75. The lowest BCUT2D eigenvalue weighted by Crippen LogP contribution is -2.24. The van der Waals surface area contributed by atoms with E-state index in [1.54, 1.807) is 6.07 Å². The Kier molecular flexibility index (Phi) is 5.80. The summed E-state index contributed by atoms with van der Waals surface area (Å²) in [7, 11) is 0. The van der Waals surface area contributed by atoms with E-state index in [2.05, 4.69) is 21.2 Å². The van der Waals surface area contributed by atoms with Gasteiger partial charge in [0.1, 0.15) is 5.82 Å². The van der Waals surface area contributed by atoms with Gasteiger partial charge in [-0.15, -0.1) is 0 Å². The maximum atomic E-state index is 14.1. The van der Waals surface area contributed by atoms with Crippen molar-refractivity contribution < 1.29 is 4.39 Å². The van der Waals surface area contributed by atoms with Crippen molar-refractivity contribution in [1.82, 2.24) is 5.32 Å². The van der Waals surface area contributed by atoms with Crippen molar-refractivity contribution in [1.29, 1.82) is 0 Å². The van der Waals surface area contributed by atoms with Gasteiger partial charge < -0.3 is 5.32 Å². The molecule has 21 heavy (non-hydrogen) atoms. The molecular formula is C17H18BrClFN. The van der Waals surface area contributed by atoms with Crippen molar-refractivity contribution >= 4 is 27.5 Å². The number of aryl methyl sites for hydroxylation is 1. The highest BCUT2D eigenvalue weighted by Gasteiger charge is 2.17. The molecule has 1 atom stereocenters. The molecule has 4 heteroatoms. The van der Waals surface area contributed by atoms with Crippen molar-refractivity contribution in [2.24, 2.45) is 0 Å². The number of rotatable bonds is 5. The highest BCUT2D eigenvalue weighted by Crippen LogP contribution is 2.28. The number of hydrogen-bond donors (Lipinski definition) is 1. The van der Waals surface area contributed by atoms with Crippen LogP contribution in [0.4, 0.5) is 4.39 Å². The molecule has 0 aromatic heterocycles. The van der Waals surface area contributed by atoms with E-state index < -0.39 is 0 Å². The number of likely N-dealkylation sites (N-methyl/N-ethyl adjacent to an activating group) is 1. The fraction of sp³-hybridized carbons (Fsp3) is 0.294. The van der Waals surface area contributed by atoms with Crippen LogP contribution in [0.15, 0.2) is 40.9 Å². The van der Waals surface area contributed by atoms with E-state index in [1.165, 1.54) is 6.07 Å². The molecule has 2 aromatic rings. The Bertz CT molecular complexity index is 630. The summed E-state index contributed by atoms with van der Waals surface area (Å²) in [6.07, 6.45) is 0.653. The van der Waals surface area contributed by atoms with Crippen LogP contribution >= 0.6 is 27.5 Å². The topological polar surface area (TPSA) is 12.0 Å². The summed E-state index contributed by atoms with van der Waals surface area (Å²) in [4.78, 5) is 0. The molecule has 2 aromatic carbocycles. The van der Waals surface area contributed by atoms with Crippen LogP contribution in [0.1, 0.15) is 29.7 Å². The second-order valence-electron chi connectivity index (χ2n) is 5.08. The Morgan fingerprint density at radius 1 is 1.24 bits per heavy atom. The molecule has 0 saturated carbocycles. The summed E-state index contributed by atoms with van der Waals surface area (Å²) < 4.78 is 15.1. The first-order chi connectivity index (χ1) is 10.0. The molecule has 1 unspecified atom stereocenters. The third kappa shape index (κ3) is 4.29. The van der Waals surface area contributed by atoms with E-state index in [9.17, 15) is 4.39 Å². The lowest BCUT2D eigenvalue weighted by atomic mass is 9.97. The highest BCUT2D eigenvalue weighted by molar-refractivity contribution is 9.10. The van der Waals surface area contributed by atoms with Crippen LogP contribution in [-0.2, 0) is 6.42 Å². The zero-order valence-corrected chi connectivity index (χ0v) is 14.4. The van der Waals surface area contributed by atoms with Gasteiger partial charge in [-0.1, -0.05) is 58.2 Å². The van der Waals surface area contributed by atoms with E-state index in [4.69, 9.17) is 11.6 Å². The number of halogens is 3. The van der Waals surface area contributed by atoms with Gasteiger partial charge in [0.15, 0.2) is 0 Å². The van der Waals surface area contributed by atoms with E-state index >= 15 is 0 Å². The van der Waals surface area contributed by atoms with Crippen molar-refractivity contribution in [3.63, 3.8) is 0 Å². The Balaban J connectivity index is 2.32. The lowest BCUT2D eigenvalue weighted by Gasteiger charge is -2.20. The molecule has 0 aliphatic rings. The average molecular weight is 371 g/mol. The van der Waals surface area contributed by atoms with Crippen LogP contribution in [0.5, 0.6) is 0 Å². The molecule has 0 saturated heterocycles. The molecule has 0 radical (unpaired) electrons. The van der Waals surface area contributed by atoms with Crippen LogP contribution < -0.4 is 5.32 Å². The minimum atomic E-state index is -0.181. The van der Waals surface area contributed by atoms with Gasteiger partial charge in [-0.2, -0.15) is 0 Å². The predicted octanol–water partition coefficient (Wildman–Crippen LogP) is 5.44. The van der Waals surface area contributed by atoms with Crippen LogP contribution in [-0.4, -0.2) is 6.54 Å².